The van der Waals surface area contributed by atoms with E-state index in [-0.39, 0.29) is 6.04 Å². The fraction of sp³-hybridized carbons (Fsp3) is 0.417. The van der Waals surface area contributed by atoms with Crippen LogP contribution in [0.1, 0.15) is 19.4 Å². The van der Waals surface area contributed by atoms with Crippen molar-refractivity contribution in [2.45, 2.75) is 26.4 Å². The molecule has 0 unspecified atom stereocenters. The van der Waals surface area contributed by atoms with Crippen molar-refractivity contribution in [1.29, 1.82) is 0 Å². The molecule has 0 aliphatic rings. The number of para-hydroxylation sites is 1. The number of hydrogen-bond donors (Lipinski definition) is 1. The van der Waals surface area contributed by atoms with Crippen LogP contribution in [0.3, 0.4) is 0 Å². The lowest BCUT2D eigenvalue weighted by Gasteiger charge is -2.27. The van der Waals surface area contributed by atoms with E-state index in [1.165, 1.54) is 0 Å². The highest BCUT2D eigenvalue weighted by atomic mass is 15.6. The number of nitrogens with zero attached hydrogens (tertiary/aromatic N) is 5. The summed E-state index contributed by atoms with van der Waals surface area (Å²) in [6.45, 7) is 4.90. The van der Waals surface area contributed by atoms with E-state index >= 15 is 0 Å². The molecular weight excluding hydrogens is 228 g/mol. The van der Waals surface area contributed by atoms with Gasteiger partial charge in [0.05, 0.1) is 0 Å². The van der Waals surface area contributed by atoms with Gasteiger partial charge in [-0.2, -0.15) is 0 Å². The Labute approximate surface area is 106 Å². The van der Waals surface area contributed by atoms with Crippen LogP contribution in [0.4, 0.5) is 11.6 Å². The molecule has 96 valence electrons. The van der Waals surface area contributed by atoms with Gasteiger partial charge < -0.3 is 10.6 Å². The molecule has 1 aromatic carbocycles. The van der Waals surface area contributed by atoms with E-state index in [0.717, 1.165) is 17.2 Å². The predicted molar refractivity (Wildman–Crippen MR) is 71.0 cm³/mol. The molecule has 18 heavy (non-hydrogen) atoms. The lowest BCUT2D eigenvalue weighted by molar-refractivity contribution is 0.625. The second-order valence-corrected chi connectivity index (χ2v) is 4.52. The predicted octanol–water partition coefficient (Wildman–Crippen LogP) is 1.21. The van der Waals surface area contributed by atoms with Crippen molar-refractivity contribution in [3.63, 3.8) is 0 Å². The summed E-state index contributed by atoms with van der Waals surface area (Å²) in [5.41, 5.74) is 7.84. The quantitative estimate of drug-likeness (QED) is 0.821. The van der Waals surface area contributed by atoms with E-state index in [0.29, 0.717) is 6.54 Å². The van der Waals surface area contributed by atoms with Crippen molar-refractivity contribution in [2.75, 3.05) is 10.6 Å². The van der Waals surface area contributed by atoms with Crippen molar-refractivity contribution >= 4 is 11.6 Å². The highest BCUT2D eigenvalue weighted by Crippen LogP contribution is 2.19. The van der Waals surface area contributed by atoms with Gasteiger partial charge in [0.15, 0.2) is 0 Å². The van der Waals surface area contributed by atoms with Gasteiger partial charge in [0, 0.05) is 25.3 Å². The Morgan fingerprint density at radius 2 is 2.06 bits per heavy atom. The number of anilines is 2. The molecule has 0 atom stereocenters. The zero-order valence-corrected chi connectivity index (χ0v) is 10.9. The minimum absolute atomic E-state index is 0.286. The van der Waals surface area contributed by atoms with Crippen LogP contribution in [0.5, 0.6) is 0 Å². The van der Waals surface area contributed by atoms with Gasteiger partial charge in [-0.25, -0.2) is 4.68 Å². The smallest absolute Gasteiger partial charge is 0.245 e. The summed E-state index contributed by atoms with van der Waals surface area (Å²) in [6.07, 6.45) is 0. The van der Waals surface area contributed by atoms with Gasteiger partial charge in [0.1, 0.15) is 0 Å². The number of tetrazole rings is 1. The summed E-state index contributed by atoms with van der Waals surface area (Å²) < 4.78 is 1.67. The van der Waals surface area contributed by atoms with Crippen LogP contribution < -0.4 is 10.6 Å². The first-order chi connectivity index (χ1) is 8.59. The molecule has 6 heteroatoms. The zero-order chi connectivity index (χ0) is 13.1. The number of nitrogen functional groups attached to an aromatic ring is 1. The third-order valence-electron chi connectivity index (χ3n) is 2.87. The summed E-state index contributed by atoms with van der Waals surface area (Å²) in [7, 11) is 1.83. The van der Waals surface area contributed by atoms with Gasteiger partial charge in [0.25, 0.3) is 0 Å². The van der Waals surface area contributed by atoms with Crippen molar-refractivity contribution in [1.82, 2.24) is 20.2 Å². The Morgan fingerprint density at radius 3 is 2.61 bits per heavy atom. The number of rotatable bonds is 4. The van der Waals surface area contributed by atoms with Crippen molar-refractivity contribution < 1.29 is 0 Å². The van der Waals surface area contributed by atoms with Gasteiger partial charge >= 0.3 is 0 Å². The molecule has 6 nitrogen and oxygen atoms in total. The SMILES string of the molecule is CC(C)N(Cc1ccccc1N)c1nnnn1C. The molecule has 1 aromatic heterocycles. The molecule has 0 fully saturated rings. The monoisotopic (exact) mass is 246 g/mol. The van der Waals surface area contributed by atoms with Crippen molar-refractivity contribution in [3.8, 4) is 0 Å². The maximum atomic E-state index is 5.98. The van der Waals surface area contributed by atoms with Gasteiger partial charge in [-0.05, 0) is 35.9 Å². The van der Waals surface area contributed by atoms with E-state index in [1.54, 1.807) is 4.68 Å². The van der Waals surface area contributed by atoms with Gasteiger partial charge in [-0.1, -0.05) is 23.3 Å². The summed E-state index contributed by atoms with van der Waals surface area (Å²) in [4.78, 5) is 2.12. The summed E-state index contributed by atoms with van der Waals surface area (Å²) in [5, 5.41) is 11.6. The van der Waals surface area contributed by atoms with Crippen molar-refractivity contribution in [2.24, 2.45) is 7.05 Å². The van der Waals surface area contributed by atoms with E-state index in [2.05, 4.69) is 34.3 Å². The maximum Gasteiger partial charge on any atom is 0.245 e. The van der Waals surface area contributed by atoms with Crippen LogP contribution in [0.25, 0.3) is 0 Å². The minimum atomic E-state index is 0.286. The highest BCUT2D eigenvalue weighted by Gasteiger charge is 2.17. The summed E-state index contributed by atoms with van der Waals surface area (Å²) in [6, 6.07) is 8.13. The third kappa shape index (κ3) is 2.42. The van der Waals surface area contributed by atoms with E-state index < -0.39 is 0 Å². The average Bonchev–Trinajstić information content (AvgIpc) is 2.74. The Balaban J connectivity index is 2.28. The van der Waals surface area contributed by atoms with Gasteiger partial charge in [0.2, 0.25) is 5.95 Å². The van der Waals surface area contributed by atoms with E-state index in [4.69, 9.17) is 5.73 Å². The molecule has 0 aliphatic carbocycles. The molecule has 2 aromatic rings. The minimum Gasteiger partial charge on any atom is -0.398 e. The Hall–Kier alpha value is -2.11. The Morgan fingerprint density at radius 1 is 1.33 bits per heavy atom. The second kappa shape index (κ2) is 5.03. The van der Waals surface area contributed by atoms with Crippen LogP contribution in [0.15, 0.2) is 24.3 Å². The fourth-order valence-corrected chi connectivity index (χ4v) is 1.81. The number of nitrogens with two attached hydrogens (primary N) is 1. The normalized spacial score (nSPS) is 10.9. The lowest BCUT2D eigenvalue weighted by Crippen LogP contribution is -2.32. The molecule has 0 saturated heterocycles. The first-order valence-electron chi connectivity index (χ1n) is 5.92. The van der Waals surface area contributed by atoms with E-state index in [9.17, 15) is 0 Å². The average molecular weight is 246 g/mol. The Bertz CT molecular complexity index is 519. The lowest BCUT2D eigenvalue weighted by atomic mass is 10.1. The van der Waals surface area contributed by atoms with Crippen LogP contribution in [0, 0.1) is 0 Å². The number of aromatic nitrogens is 4. The molecular formula is C12H18N6. The fourth-order valence-electron chi connectivity index (χ4n) is 1.81. The highest BCUT2D eigenvalue weighted by molar-refractivity contribution is 5.48. The van der Waals surface area contributed by atoms with Gasteiger partial charge in [-0.15, -0.1) is 0 Å². The molecule has 0 amide bonds. The van der Waals surface area contributed by atoms with Crippen molar-refractivity contribution in [3.05, 3.63) is 29.8 Å². The Kier molecular flexibility index (Phi) is 3.45. The molecule has 0 bridgehead atoms. The summed E-state index contributed by atoms with van der Waals surface area (Å²) in [5.74, 6) is 0.744. The molecule has 1 heterocycles. The van der Waals surface area contributed by atoms with Crippen LogP contribution >= 0.6 is 0 Å². The van der Waals surface area contributed by atoms with Crippen LogP contribution in [-0.4, -0.2) is 26.2 Å². The molecule has 0 aliphatic heterocycles. The number of aryl methyl sites for hydroxylation is 1. The van der Waals surface area contributed by atoms with Gasteiger partial charge in [-0.3, -0.25) is 0 Å². The third-order valence-corrected chi connectivity index (χ3v) is 2.87. The summed E-state index contributed by atoms with van der Waals surface area (Å²) >= 11 is 0. The zero-order valence-electron chi connectivity index (χ0n) is 10.9. The maximum absolute atomic E-state index is 5.98. The van der Waals surface area contributed by atoms with Crippen LogP contribution in [-0.2, 0) is 13.6 Å². The molecule has 0 saturated carbocycles. The first kappa shape index (κ1) is 12.3. The molecule has 0 spiro atoms. The first-order valence-corrected chi connectivity index (χ1v) is 5.92. The number of benzene rings is 1. The molecule has 0 radical (unpaired) electrons. The molecule has 2 N–H and O–H groups in total. The van der Waals surface area contributed by atoms with Crippen LogP contribution in [0.2, 0.25) is 0 Å². The largest absolute Gasteiger partial charge is 0.398 e. The standard InChI is InChI=1S/C12H18N6/c1-9(2)18(12-14-15-16-17(12)3)8-10-6-4-5-7-11(10)13/h4-7,9H,8,13H2,1-3H3. The number of hydrogen-bond acceptors (Lipinski definition) is 5. The molecule has 2 rings (SSSR count). The second-order valence-electron chi connectivity index (χ2n) is 4.52. The topological polar surface area (TPSA) is 72.9 Å². The van der Waals surface area contributed by atoms with E-state index in [1.807, 2.05) is 31.3 Å².